The van der Waals surface area contributed by atoms with E-state index in [0.29, 0.717) is 6.54 Å². The van der Waals surface area contributed by atoms with Gasteiger partial charge in [-0.2, -0.15) is 0 Å². The third-order valence-corrected chi connectivity index (χ3v) is 1.51. The summed E-state index contributed by atoms with van der Waals surface area (Å²) in [5.41, 5.74) is 0. The lowest BCUT2D eigenvalue weighted by Gasteiger charge is -2.07. The van der Waals surface area contributed by atoms with E-state index in [-0.39, 0.29) is 12.3 Å². The van der Waals surface area contributed by atoms with Gasteiger partial charge in [-0.3, -0.25) is 4.79 Å². The molecular weight excluding hydrogens is 158 g/mol. The number of carboxylic acid groups (broad SMARTS) is 1. The van der Waals surface area contributed by atoms with Crippen LogP contribution in [0.5, 0.6) is 0 Å². The second-order valence-electron chi connectivity index (χ2n) is 2.86. The Morgan fingerprint density at radius 2 is 2.17 bits per heavy atom. The van der Waals surface area contributed by atoms with Crippen LogP contribution in [0.4, 0.5) is 0 Å². The molecule has 1 unspecified atom stereocenters. The zero-order chi connectivity index (χ0) is 8.97. The molecule has 0 saturated heterocycles. The highest BCUT2D eigenvalue weighted by atomic mass is 16.4. The van der Waals surface area contributed by atoms with Crippen molar-refractivity contribution < 1.29 is 9.90 Å². The number of hydrogen-bond acceptors (Lipinski definition) is 3. The number of nitrogens with zero attached hydrogens (tertiary/aromatic N) is 3. The molecule has 0 aliphatic carbocycles. The van der Waals surface area contributed by atoms with Gasteiger partial charge in [0.05, 0.1) is 0 Å². The van der Waals surface area contributed by atoms with Crippen molar-refractivity contribution in [1.29, 1.82) is 0 Å². The highest BCUT2D eigenvalue weighted by Gasteiger charge is 2.07. The van der Waals surface area contributed by atoms with E-state index >= 15 is 0 Å². The maximum Gasteiger partial charge on any atom is 0.303 e. The van der Waals surface area contributed by atoms with Crippen LogP contribution in [0.25, 0.3) is 0 Å². The van der Waals surface area contributed by atoms with E-state index in [2.05, 4.69) is 10.2 Å². The lowest BCUT2D eigenvalue weighted by atomic mass is 10.1. The Kier molecular flexibility index (Phi) is 2.79. The van der Waals surface area contributed by atoms with Gasteiger partial charge in [0.2, 0.25) is 0 Å². The summed E-state index contributed by atoms with van der Waals surface area (Å²) in [6.45, 7) is 2.54. The molecule has 1 atom stereocenters. The largest absolute Gasteiger partial charge is 0.481 e. The summed E-state index contributed by atoms with van der Waals surface area (Å²) in [6.07, 6.45) is 3.34. The van der Waals surface area contributed by atoms with E-state index in [9.17, 15) is 4.79 Å². The molecule has 66 valence electrons. The first kappa shape index (κ1) is 8.70. The third kappa shape index (κ3) is 2.69. The van der Waals surface area contributed by atoms with Crippen LogP contribution in [-0.2, 0) is 11.3 Å². The summed E-state index contributed by atoms with van der Waals surface area (Å²) in [7, 11) is 0. The van der Waals surface area contributed by atoms with Crippen molar-refractivity contribution >= 4 is 5.97 Å². The number of aliphatic carboxylic acids is 1. The molecular formula is C7H11N3O2. The molecule has 0 bridgehead atoms. The number of carbonyl (C=O) groups is 1. The summed E-state index contributed by atoms with van der Waals surface area (Å²) in [5, 5.41) is 15.7. The van der Waals surface area contributed by atoms with E-state index < -0.39 is 5.97 Å². The molecule has 12 heavy (non-hydrogen) atoms. The van der Waals surface area contributed by atoms with Crippen molar-refractivity contribution in [3.05, 3.63) is 12.7 Å². The van der Waals surface area contributed by atoms with Crippen LogP contribution >= 0.6 is 0 Å². The smallest absolute Gasteiger partial charge is 0.303 e. The SMILES string of the molecule is CC(CC(=O)O)Cn1cnnc1. The molecule has 0 saturated carbocycles. The van der Waals surface area contributed by atoms with Gasteiger partial charge in [-0.1, -0.05) is 6.92 Å². The van der Waals surface area contributed by atoms with Gasteiger partial charge < -0.3 is 9.67 Å². The van der Waals surface area contributed by atoms with Gasteiger partial charge in [0.1, 0.15) is 12.7 Å². The van der Waals surface area contributed by atoms with Crippen molar-refractivity contribution in [2.24, 2.45) is 5.92 Å². The maximum atomic E-state index is 10.3. The first-order valence-corrected chi connectivity index (χ1v) is 3.72. The van der Waals surface area contributed by atoms with Gasteiger partial charge >= 0.3 is 5.97 Å². The van der Waals surface area contributed by atoms with Crippen LogP contribution in [-0.4, -0.2) is 25.8 Å². The number of rotatable bonds is 4. The van der Waals surface area contributed by atoms with Crippen LogP contribution in [0.3, 0.4) is 0 Å². The van der Waals surface area contributed by atoms with Crippen molar-refractivity contribution in [3.8, 4) is 0 Å². The Balaban J connectivity index is 2.36. The molecule has 1 N–H and O–H groups in total. The lowest BCUT2D eigenvalue weighted by molar-refractivity contribution is -0.138. The predicted octanol–water partition coefficient (Wildman–Crippen LogP) is 0.389. The minimum atomic E-state index is -0.768. The molecule has 0 aliphatic heterocycles. The molecule has 1 aromatic heterocycles. The number of carboxylic acids is 1. The Hall–Kier alpha value is -1.39. The monoisotopic (exact) mass is 169 g/mol. The predicted molar refractivity (Wildman–Crippen MR) is 41.4 cm³/mol. The van der Waals surface area contributed by atoms with Crippen molar-refractivity contribution in [1.82, 2.24) is 14.8 Å². The lowest BCUT2D eigenvalue weighted by Crippen LogP contribution is -2.10. The molecule has 0 spiro atoms. The highest BCUT2D eigenvalue weighted by molar-refractivity contribution is 5.66. The first-order valence-electron chi connectivity index (χ1n) is 3.72. The van der Waals surface area contributed by atoms with Crippen molar-refractivity contribution in [2.45, 2.75) is 19.9 Å². The zero-order valence-corrected chi connectivity index (χ0v) is 6.84. The summed E-state index contributed by atoms with van der Waals surface area (Å²) in [5.74, 6) is -0.658. The topological polar surface area (TPSA) is 68.0 Å². The second kappa shape index (κ2) is 3.85. The normalized spacial score (nSPS) is 12.8. The van der Waals surface area contributed by atoms with Crippen LogP contribution in [0.1, 0.15) is 13.3 Å². The first-order chi connectivity index (χ1) is 5.68. The summed E-state index contributed by atoms with van der Waals surface area (Å²) in [4.78, 5) is 10.3. The molecule has 1 aromatic rings. The Morgan fingerprint density at radius 3 is 2.67 bits per heavy atom. The fraction of sp³-hybridized carbons (Fsp3) is 0.571. The van der Waals surface area contributed by atoms with Crippen LogP contribution in [0.15, 0.2) is 12.7 Å². The Bertz CT molecular complexity index is 245. The Morgan fingerprint density at radius 1 is 1.58 bits per heavy atom. The molecule has 0 radical (unpaired) electrons. The zero-order valence-electron chi connectivity index (χ0n) is 6.84. The summed E-state index contributed by atoms with van der Waals surface area (Å²) in [6, 6.07) is 0. The van der Waals surface area contributed by atoms with E-state index in [1.807, 2.05) is 6.92 Å². The number of hydrogen-bond donors (Lipinski definition) is 1. The molecule has 0 aromatic carbocycles. The molecule has 1 rings (SSSR count). The highest BCUT2D eigenvalue weighted by Crippen LogP contribution is 2.04. The average Bonchev–Trinajstić information content (AvgIpc) is 2.37. The molecule has 5 heteroatoms. The van der Waals surface area contributed by atoms with E-state index in [4.69, 9.17) is 5.11 Å². The van der Waals surface area contributed by atoms with E-state index in [1.165, 1.54) is 0 Å². The minimum absolute atomic E-state index is 0.110. The van der Waals surface area contributed by atoms with Crippen molar-refractivity contribution in [2.75, 3.05) is 0 Å². The van der Waals surface area contributed by atoms with Crippen LogP contribution < -0.4 is 0 Å². The van der Waals surface area contributed by atoms with E-state index in [0.717, 1.165) is 0 Å². The molecule has 0 fully saturated rings. The third-order valence-electron chi connectivity index (χ3n) is 1.51. The number of aromatic nitrogens is 3. The molecule has 1 heterocycles. The van der Waals surface area contributed by atoms with Gasteiger partial charge in [-0.15, -0.1) is 10.2 Å². The van der Waals surface area contributed by atoms with Crippen LogP contribution in [0, 0.1) is 5.92 Å². The van der Waals surface area contributed by atoms with E-state index in [1.54, 1.807) is 17.2 Å². The Labute approximate surface area is 70.0 Å². The van der Waals surface area contributed by atoms with Gasteiger partial charge in [-0.05, 0) is 5.92 Å². The summed E-state index contributed by atoms with van der Waals surface area (Å²) < 4.78 is 1.77. The quantitative estimate of drug-likeness (QED) is 0.707. The van der Waals surface area contributed by atoms with Gasteiger partial charge in [0.15, 0.2) is 0 Å². The second-order valence-corrected chi connectivity index (χ2v) is 2.86. The van der Waals surface area contributed by atoms with Gasteiger partial charge in [-0.25, -0.2) is 0 Å². The fourth-order valence-corrected chi connectivity index (χ4v) is 1.04. The fourth-order valence-electron chi connectivity index (χ4n) is 1.04. The standard InChI is InChI=1S/C7H11N3O2/c1-6(2-7(11)12)3-10-4-8-9-5-10/h4-6H,2-3H2,1H3,(H,11,12). The minimum Gasteiger partial charge on any atom is -0.481 e. The molecule has 0 aliphatic rings. The van der Waals surface area contributed by atoms with Crippen molar-refractivity contribution in [3.63, 3.8) is 0 Å². The van der Waals surface area contributed by atoms with Gasteiger partial charge in [0, 0.05) is 13.0 Å². The summed E-state index contributed by atoms with van der Waals surface area (Å²) >= 11 is 0. The maximum absolute atomic E-state index is 10.3. The van der Waals surface area contributed by atoms with Gasteiger partial charge in [0.25, 0.3) is 0 Å². The average molecular weight is 169 g/mol. The molecule has 5 nitrogen and oxygen atoms in total. The molecule has 0 amide bonds. The van der Waals surface area contributed by atoms with Crippen LogP contribution in [0.2, 0.25) is 0 Å².